The standard InChI is InChI=1S/C11H13BrOS2/c1-7-6-9(15-11(7)12)10(13)8-2-4-14-5-3-8/h6,8H,2-5H2,1H3. The second-order valence-electron chi connectivity index (χ2n) is 3.82. The molecule has 0 bridgehead atoms. The lowest BCUT2D eigenvalue weighted by Crippen LogP contribution is -2.19. The van der Waals surface area contributed by atoms with Gasteiger partial charge in [-0.1, -0.05) is 0 Å². The number of hydrogen-bond donors (Lipinski definition) is 0. The number of aryl methyl sites for hydroxylation is 1. The summed E-state index contributed by atoms with van der Waals surface area (Å²) in [5.41, 5.74) is 1.17. The van der Waals surface area contributed by atoms with E-state index in [1.54, 1.807) is 11.3 Å². The Morgan fingerprint density at radius 1 is 1.47 bits per heavy atom. The van der Waals surface area contributed by atoms with Crippen LogP contribution in [-0.4, -0.2) is 17.3 Å². The number of ketones is 1. The van der Waals surface area contributed by atoms with Crippen LogP contribution in [0.2, 0.25) is 0 Å². The van der Waals surface area contributed by atoms with Crippen molar-refractivity contribution in [2.75, 3.05) is 11.5 Å². The highest BCUT2D eigenvalue weighted by Crippen LogP contribution is 2.32. The number of halogens is 1. The van der Waals surface area contributed by atoms with Crippen LogP contribution in [0.1, 0.15) is 28.1 Å². The van der Waals surface area contributed by atoms with Gasteiger partial charge in [-0.05, 0) is 58.8 Å². The molecule has 0 amide bonds. The van der Waals surface area contributed by atoms with Crippen LogP contribution in [0.15, 0.2) is 9.85 Å². The second-order valence-corrected chi connectivity index (χ2v) is 7.41. The molecule has 0 unspecified atom stereocenters. The molecule has 15 heavy (non-hydrogen) atoms. The lowest BCUT2D eigenvalue weighted by molar-refractivity contribution is 0.0917. The Kier molecular flexibility index (Phi) is 3.91. The van der Waals surface area contributed by atoms with Gasteiger partial charge in [-0.25, -0.2) is 0 Å². The Bertz CT molecular complexity index is 347. The highest BCUT2D eigenvalue weighted by atomic mass is 79.9. The van der Waals surface area contributed by atoms with Crippen LogP contribution < -0.4 is 0 Å². The number of Topliss-reactive ketones (excluding diaryl/α,β-unsaturated/α-hetero) is 1. The van der Waals surface area contributed by atoms with Gasteiger partial charge in [0.25, 0.3) is 0 Å². The summed E-state index contributed by atoms with van der Waals surface area (Å²) in [6.45, 7) is 2.04. The van der Waals surface area contributed by atoms with Crippen LogP contribution in [0.25, 0.3) is 0 Å². The minimum absolute atomic E-state index is 0.274. The number of thioether (sulfide) groups is 1. The average Bonchev–Trinajstić information content (AvgIpc) is 2.59. The summed E-state index contributed by atoms with van der Waals surface area (Å²) in [6, 6.07) is 2.01. The van der Waals surface area contributed by atoms with E-state index in [0.29, 0.717) is 5.78 Å². The molecule has 2 heterocycles. The van der Waals surface area contributed by atoms with E-state index < -0.39 is 0 Å². The Labute approximate surface area is 107 Å². The van der Waals surface area contributed by atoms with Gasteiger partial charge in [0, 0.05) is 5.92 Å². The van der Waals surface area contributed by atoms with E-state index in [4.69, 9.17) is 0 Å². The molecule has 1 fully saturated rings. The lowest BCUT2D eigenvalue weighted by atomic mass is 9.96. The average molecular weight is 305 g/mol. The summed E-state index contributed by atoms with van der Waals surface area (Å²) in [6.07, 6.45) is 2.11. The van der Waals surface area contributed by atoms with Gasteiger partial charge >= 0.3 is 0 Å². The second kappa shape index (κ2) is 5.02. The van der Waals surface area contributed by atoms with Crippen molar-refractivity contribution in [2.45, 2.75) is 19.8 Å². The summed E-state index contributed by atoms with van der Waals surface area (Å²) in [5, 5.41) is 0. The highest BCUT2D eigenvalue weighted by Gasteiger charge is 2.24. The first kappa shape index (κ1) is 11.7. The first-order valence-corrected chi connectivity index (χ1v) is 7.83. The Morgan fingerprint density at radius 2 is 2.13 bits per heavy atom. The normalized spacial score (nSPS) is 18.0. The quantitative estimate of drug-likeness (QED) is 0.764. The van der Waals surface area contributed by atoms with E-state index in [1.165, 1.54) is 5.56 Å². The molecule has 82 valence electrons. The van der Waals surface area contributed by atoms with E-state index in [9.17, 15) is 4.79 Å². The van der Waals surface area contributed by atoms with E-state index in [-0.39, 0.29) is 5.92 Å². The zero-order valence-electron chi connectivity index (χ0n) is 8.59. The summed E-state index contributed by atoms with van der Waals surface area (Å²) >= 11 is 7.01. The monoisotopic (exact) mass is 304 g/mol. The lowest BCUT2D eigenvalue weighted by Gasteiger charge is -2.19. The minimum atomic E-state index is 0.274. The molecule has 0 atom stereocenters. The Hall–Kier alpha value is 0.200. The first-order chi connectivity index (χ1) is 7.18. The Morgan fingerprint density at radius 3 is 2.67 bits per heavy atom. The maximum atomic E-state index is 12.1. The van der Waals surface area contributed by atoms with Crippen molar-refractivity contribution in [3.8, 4) is 0 Å². The van der Waals surface area contributed by atoms with Gasteiger partial charge in [-0.15, -0.1) is 11.3 Å². The smallest absolute Gasteiger partial charge is 0.175 e. The van der Waals surface area contributed by atoms with Crippen LogP contribution in [0.5, 0.6) is 0 Å². The zero-order valence-corrected chi connectivity index (χ0v) is 11.8. The molecule has 2 rings (SSSR count). The van der Waals surface area contributed by atoms with Crippen molar-refractivity contribution in [1.29, 1.82) is 0 Å². The largest absolute Gasteiger partial charge is 0.293 e. The van der Waals surface area contributed by atoms with Gasteiger partial charge < -0.3 is 0 Å². The van der Waals surface area contributed by atoms with Gasteiger partial charge in [0.1, 0.15) is 0 Å². The third-order valence-electron chi connectivity index (χ3n) is 2.69. The van der Waals surface area contributed by atoms with Gasteiger partial charge in [0.05, 0.1) is 8.66 Å². The molecule has 0 spiro atoms. The predicted octanol–water partition coefficient (Wildman–Crippen LogP) is 4.14. The fourth-order valence-electron chi connectivity index (χ4n) is 1.74. The molecule has 1 aliphatic rings. The Balaban J connectivity index is 2.12. The van der Waals surface area contributed by atoms with E-state index in [0.717, 1.165) is 33.0 Å². The van der Waals surface area contributed by atoms with Crippen LogP contribution in [0, 0.1) is 12.8 Å². The molecule has 0 aromatic carbocycles. The fraction of sp³-hybridized carbons (Fsp3) is 0.545. The molecule has 0 N–H and O–H groups in total. The molecule has 1 aromatic heterocycles. The van der Waals surface area contributed by atoms with Gasteiger partial charge in [-0.3, -0.25) is 4.79 Å². The van der Waals surface area contributed by atoms with Gasteiger partial charge in [-0.2, -0.15) is 11.8 Å². The molecule has 0 saturated carbocycles. The zero-order chi connectivity index (χ0) is 10.8. The van der Waals surface area contributed by atoms with E-state index in [1.807, 2.05) is 24.8 Å². The number of carbonyl (C=O) groups is 1. The van der Waals surface area contributed by atoms with Crippen LogP contribution >= 0.6 is 39.0 Å². The minimum Gasteiger partial charge on any atom is -0.293 e. The number of carbonyl (C=O) groups excluding carboxylic acids is 1. The van der Waals surface area contributed by atoms with Crippen LogP contribution in [0.4, 0.5) is 0 Å². The molecule has 1 aromatic rings. The maximum Gasteiger partial charge on any atom is 0.175 e. The summed E-state index contributed by atoms with van der Waals surface area (Å²) < 4.78 is 1.09. The third-order valence-corrected chi connectivity index (χ3v) is 5.89. The first-order valence-electron chi connectivity index (χ1n) is 5.06. The van der Waals surface area contributed by atoms with Crippen LogP contribution in [-0.2, 0) is 0 Å². The molecule has 1 saturated heterocycles. The van der Waals surface area contributed by atoms with Crippen molar-refractivity contribution < 1.29 is 4.79 Å². The predicted molar refractivity (Wildman–Crippen MR) is 71.1 cm³/mol. The van der Waals surface area contributed by atoms with E-state index >= 15 is 0 Å². The van der Waals surface area contributed by atoms with Crippen molar-refractivity contribution in [1.82, 2.24) is 0 Å². The van der Waals surface area contributed by atoms with Gasteiger partial charge in [0.15, 0.2) is 5.78 Å². The summed E-state index contributed by atoms with van der Waals surface area (Å²) in [4.78, 5) is 13.1. The molecular formula is C11H13BrOS2. The number of thiophene rings is 1. The highest BCUT2D eigenvalue weighted by molar-refractivity contribution is 9.11. The third kappa shape index (κ3) is 2.66. The maximum absolute atomic E-state index is 12.1. The number of rotatable bonds is 2. The molecule has 1 nitrogen and oxygen atoms in total. The molecule has 1 aliphatic heterocycles. The van der Waals surface area contributed by atoms with Crippen molar-refractivity contribution in [3.05, 3.63) is 20.3 Å². The van der Waals surface area contributed by atoms with Crippen molar-refractivity contribution in [3.63, 3.8) is 0 Å². The topological polar surface area (TPSA) is 17.1 Å². The van der Waals surface area contributed by atoms with E-state index in [2.05, 4.69) is 15.9 Å². The SMILES string of the molecule is Cc1cc(C(=O)C2CCSCC2)sc1Br. The van der Waals surface area contributed by atoms with Gasteiger partial charge in [0.2, 0.25) is 0 Å². The molecular weight excluding hydrogens is 292 g/mol. The fourth-order valence-corrected chi connectivity index (χ4v) is 4.40. The number of hydrogen-bond acceptors (Lipinski definition) is 3. The van der Waals surface area contributed by atoms with Crippen molar-refractivity contribution in [2.24, 2.45) is 5.92 Å². The molecule has 0 radical (unpaired) electrons. The molecule has 0 aliphatic carbocycles. The van der Waals surface area contributed by atoms with Crippen LogP contribution in [0.3, 0.4) is 0 Å². The summed E-state index contributed by atoms with van der Waals surface area (Å²) in [5.74, 6) is 2.91. The molecule has 4 heteroatoms. The summed E-state index contributed by atoms with van der Waals surface area (Å²) in [7, 11) is 0. The van der Waals surface area contributed by atoms with Crippen molar-refractivity contribution >= 4 is 44.8 Å².